The van der Waals surface area contributed by atoms with Crippen LogP contribution in [0.4, 0.5) is 17.6 Å². The molecule has 0 aromatic heterocycles. The average molecular weight is 264 g/mol. The maximum atomic E-state index is 12.7. The van der Waals surface area contributed by atoms with Crippen molar-refractivity contribution in [3.8, 4) is 5.75 Å². The van der Waals surface area contributed by atoms with Crippen molar-refractivity contribution in [3.05, 3.63) is 41.2 Å². The number of methoxy groups -OCH3 is 1. The first-order valence-electron chi connectivity index (χ1n) is 5.08. The number of alkyl halides is 3. The smallest absolute Gasteiger partial charge is 0.419 e. The van der Waals surface area contributed by atoms with E-state index in [2.05, 4.69) is 4.74 Å². The molecule has 100 valence electrons. The van der Waals surface area contributed by atoms with Crippen molar-refractivity contribution >= 4 is 0 Å². The van der Waals surface area contributed by atoms with E-state index >= 15 is 0 Å². The van der Waals surface area contributed by atoms with Gasteiger partial charge in [0.25, 0.3) is 0 Å². The first-order chi connectivity index (χ1) is 8.38. The molecule has 0 aliphatic carbocycles. The fourth-order valence-corrected chi connectivity index (χ4v) is 1.40. The molecule has 0 aliphatic rings. The SMILES string of the molecule is COc1ccc(C/C=C(/F)CO)cc1C(F)(F)F. The van der Waals surface area contributed by atoms with Gasteiger partial charge in [-0.3, -0.25) is 0 Å². The lowest BCUT2D eigenvalue weighted by molar-refractivity contribution is -0.138. The van der Waals surface area contributed by atoms with E-state index in [9.17, 15) is 17.6 Å². The van der Waals surface area contributed by atoms with Crippen LogP contribution in [0.1, 0.15) is 11.1 Å². The second kappa shape index (κ2) is 5.86. The van der Waals surface area contributed by atoms with Gasteiger partial charge in [0.15, 0.2) is 0 Å². The molecule has 0 saturated heterocycles. The third-order valence-electron chi connectivity index (χ3n) is 2.28. The van der Waals surface area contributed by atoms with E-state index in [4.69, 9.17) is 5.11 Å². The van der Waals surface area contributed by atoms with Crippen molar-refractivity contribution in [1.29, 1.82) is 0 Å². The summed E-state index contributed by atoms with van der Waals surface area (Å²) in [4.78, 5) is 0. The van der Waals surface area contributed by atoms with Gasteiger partial charge in [0.1, 0.15) is 11.6 Å². The summed E-state index contributed by atoms with van der Waals surface area (Å²) in [6, 6.07) is 3.50. The molecule has 1 aromatic carbocycles. The summed E-state index contributed by atoms with van der Waals surface area (Å²) in [6.07, 6.45) is -3.53. The Kier molecular flexibility index (Phi) is 4.72. The highest BCUT2D eigenvalue weighted by molar-refractivity contribution is 5.39. The van der Waals surface area contributed by atoms with Gasteiger partial charge in [0.05, 0.1) is 19.3 Å². The Morgan fingerprint density at radius 1 is 1.39 bits per heavy atom. The van der Waals surface area contributed by atoms with Crippen molar-refractivity contribution in [1.82, 2.24) is 0 Å². The van der Waals surface area contributed by atoms with Crippen LogP contribution >= 0.6 is 0 Å². The minimum Gasteiger partial charge on any atom is -0.496 e. The Bertz CT molecular complexity index is 438. The van der Waals surface area contributed by atoms with Gasteiger partial charge in [0, 0.05) is 0 Å². The predicted octanol–water partition coefficient (Wildman–Crippen LogP) is 3.10. The second-order valence-electron chi connectivity index (χ2n) is 3.55. The molecular formula is C12H12F4O2. The minimum absolute atomic E-state index is 0.0283. The maximum absolute atomic E-state index is 12.7. The molecule has 0 unspecified atom stereocenters. The number of hydrogen-bond acceptors (Lipinski definition) is 2. The molecule has 0 amide bonds. The number of aliphatic hydroxyl groups is 1. The zero-order valence-corrected chi connectivity index (χ0v) is 9.59. The van der Waals surface area contributed by atoms with Crippen LogP contribution in [0, 0.1) is 0 Å². The Morgan fingerprint density at radius 3 is 2.56 bits per heavy atom. The van der Waals surface area contributed by atoms with Crippen LogP contribution in [-0.2, 0) is 12.6 Å². The molecule has 0 saturated carbocycles. The molecular weight excluding hydrogens is 252 g/mol. The zero-order valence-electron chi connectivity index (χ0n) is 9.59. The first kappa shape index (κ1) is 14.5. The third kappa shape index (κ3) is 3.73. The zero-order chi connectivity index (χ0) is 13.8. The van der Waals surface area contributed by atoms with Crippen molar-refractivity contribution in [3.63, 3.8) is 0 Å². The number of allylic oxidation sites excluding steroid dienone is 1. The summed E-state index contributed by atoms with van der Waals surface area (Å²) in [6.45, 7) is -0.762. The number of benzene rings is 1. The maximum Gasteiger partial charge on any atom is 0.419 e. The molecule has 1 N–H and O–H groups in total. The van der Waals surface area contributed by atoms with Crippen molar-refractivity contribution in [2.75, 3.05) is 13.7 Å². The van der Waals surface area contributed by atoms with E-state index in [-0.39, 0.29) is 17.7 Å². The highest BCUT2D eigenvalue weighted by Gasteiger charge is 2.34. The summed E-state index contributed by atoms with van der Waals surface area (Å²) in [5, 5.41) is 8.44. The van der Waals surface area contributed by atoms with Gasteiger partial charge in [-0.1, -0.05) is 6.07 Å². The van der Waals surface area contributed by atoms with E-state index in [1.807, 2.05) is 0 Å². The molecule has 0 radical (unpaired) electrons. The van der Waals surface area contributed by atoms with Crippen LogP contribution in [0.3, 0.4) is 0 Å². The summed E-state index contributed by atoms with van der Waals surface area (Å²) in [5.74, 6) is -1.06. The number of rotatable bonds is 4. The van der Waals surface area contributed by atoms with E-state index in [1.165, 1.54) is 12.1 Å². The molecule has 0 heterocycles. The van der Waals surface area contributed by atoms with E-state index in [1.54, 1.807) is 0 Å². The Morgan fingerprint density at radius 2 is 2.06 bits per heavy atom. The summed E-state index contributed by atoms with van der Waals surface area (Å²) in [7, 11) is 1.15. The molecule has 0 bridgehead atoms. The summed E-state index contributed by atoms with van der Waals surface area (Å²) >= 11 is 0. The molecule has 1 aromatic rings. The molecule has 1 rings (SSSR count). The van der Waals surface area contributed by atoms with E-state index < -0.39 is 24.2 Å². The number of halogens is 4. The third-order valence-corrected chi connectivity index (χ3v) is 2.28. The molecule has 18 heavy (non-hydrogen) atoms. The van der Waals surface area contributed by atoms with Crippen LogP contribution in [0.15, 0.2) is 30.1 Å². The monoisotopic (exact) mass is 264 g/mol. The fraction of sp³-hybridized carbons (Fsp3) is 0.333. The first-order valence-corrected chi connectivity index (χ1v) is 5.08. The fourth-order valence-electron chi connectivity index (χ4n) is 1.40. The number of ether oxygens (including phenoxy) is 1. The Balaban J connectivity index is 3.04. The Hall–Kier alpha value is -1.56. The standard InChI is InChI=1S/C12H12F4O2/c1-18-11-5-3-8(2-4-9(13)7-17)6-10(11)12(14,15)16/h3-6,17H,2,7H2,1H3/b9-4+. The van der Waals surface area contributed by atoms with Crippen molar-refractivity contribution in [2.45, 2.75) is 12.6 Å². The molecule has 6 heteroatoms. The predicted molar refractivity (Wildman–Crippen MR) is 58.0 cm³/mol. The van der Waals surface area contributed by atoms with Crippen LogP contribution in [0.5, 0.6) is 5.75 Å². The van der Waals surface area contributed by atoms with Crippen LogP contribution in [0.25, 0.3) is 0 Å². The average Bonchev–Trinajstić information content (AvgIpc) is 2.34. The normalized spacial score (nSPS) is 12.7. The molecule has 0 spiro atoms. The molecule has 0 atom stereocenters. The molecule has 2 nitrogen and oxygen atoms in total. The summed E-state index contributed by atoms with van der Waals surface area (Å²) in [5.41, 5.74) is -0.618. The van der Waals surface area contributed by atoms with Gasteiger partial charge in [-0.25, -0.2) is 4.39 Å². The minimum atomic E-state index is -4.53. The van der Waals surface area contributed by atoms with Crippen LogP contribution in [0.2, 0.25) is 0 Å². The topological polar surface area (TPSA) is 29.5 Å². The van der Waals surface area contributed by atoms with Crippen molar-refractivity contribution < 1.29 is 27.4 Å². The molecule has 0 fully saturated rings. The van der Waals surface area contributed by atoms with Gasteiger partial charge in [-0.05, 0) is 30.2 Å². The lowest BCUT2D eigenvalue weighted by atomic mass is 10.1. The molecule has 0 aliphatic heterocycles. The van der Waals surface area contributed by atoms with Gasteiger partial charge in [-0.2, -0.15) is 13.2 Å². The number of hydrogen-bond donors (Lipinski definition) is 1. The van der Waals surface area contributed by atoms with Gasteiger partial charge in [-0.15, -0.1) is 0 Å². The summed E-state index contributed by atoms with van der Waals surface area (Å²) < 4.78 is 55.3. The Labute approximate surface area is 102 Å². The van der Waals surface area contributed by atoms with Gasteiger partial charge >= 0.3 is 6.18 Å². The second-order valence-corrected chi connectivity index (χ2v) is 3.55. The van der Waals surface area contributed by atoms with E-state index in [0.717, 1.165) is 19.3 Å². The highest BCUT2D eigenvalue weighted by Crippen LogP contribution is 2.36. The van der Waals surface area contributed by atoms with Crippen LogP contribution < -0.4 is 4.74 Å². The lowest BCUT2D eigenvalue weighted by Crippen LogP contribution is -2.08. The lowest BCUT2D eigenvalue weighted by Gasteiger charge is -2.12. The van der Waals surface area contributed by atoms with Gasteiger partial charge < -0.3 is 9.84 Å². The quantitative estimate of drug-likeness (QED) is 0.847. The van der Waals surface area contributed by atoms with E-state index in [0.29, 0.717) is 0 Å². The van der Waals surface area contributed by atoms with Crippen LogP contribution in [-0.4, -0.2) is 18.8 Å². The highest BCUT2D eigenvalue weighted by atomic mass is 19.4. The largest absolute Gasteiger partial charge is 0.496 e. The van der Waals surface area contributed by atoms with Crippen molar-refractivity contribution in [2.24, 2.45) is 0 Å². The van der Waals surface area contributed by atoms with Gasteiger partial charge in [0.2, 0.25) is 0 Å². The number of aliphatic hydroxyl groups excluding tert-OH is 1.